The van der Waals surface area contributed by atoms with Crippen molar-refractivity contribution in [3.05, 3.63) is 64.1 Å². The minimum atomic E-state index is -0.261. The second-order valence-electron chi connectivity index (χ2n) is 5.38. The summed E-state index contributed by atoms with van der Waals surface area (Å²) in [5.74, 6) is -0.409. The van der Waals surface area contributed by atoms with Crippen molar-refractivity contribution >= 4 is 40.7 Å². The number of rotatable bonds is 6. The van der Waals surface area contributed by atoms with Crippen LogP contribution in [0, 0.1) is 0 Å². The highest BCUT2D eigenvalue weighted by Gasteiger charge is 2.14. The average Bonchev–Trinajstić information content (AvgIpc) is 2.52. The SMILES string of the molecule is CC(=O)N(CCc1ccc(Cl)cc1)CC(=O)Nc1cccc(Cl)c1. The number of carbonyl (C=O) groups excluding carboxylic acids is 2. The van der Waals surface area contributed by atoms with Crippen molar-refractivity contribution in [3.63, 3.8) is 0 Å². The fourth-order valence-corrected chi connectivity index (χ4v) is 2.52. The molecule has 126 valence electrons. The molecule has 0 saturated carbocycles. The first-order valence-electron chi connectivity index (χ1n) is 7.49. The van der Waals surface area contributed by atoms with Crippen LogP contribution in [-0.2, 0) is 16.0 Å². The second kappa shape index (κ2) is 8.71. The van der Waals surface area contributed by atoms with Crippen molar-refractivity contribution in [2.75, 3.05) is 18.4 Å². The number of hydrogen-bond acceptors (Lipinski definition) is 2. The van der Waals surface area contributed by atoms with E-state index < -0.39 is 0 Å². The first kappa shape index (κ1) is 18.3. The van der Waals surface area contributed by atoms with Crippen LogP contribution in [0.5, 0.6) is 0 Å². The third-order valence-corrected chi connectivity index (χ3v) is 3.96. The van der Waals surface area contributed by atoms with Crippen LogP contribution >= 0.6 is 23.2 Å². The number of carbonyl (C=O) groups is 2. The number of amides is 2. The highest BCUT2D eigenvalue weighted by atomic mass is 35.5. The van der Waals surface area contributed by atoms with E-state index in [0.717, 1.165) is 5.56 Å². The number of anilines is 1. The lowest BCUT2D eigenvalue weighted by Crippen LogP contribution is -2.38. The summed E-state index contributed by atoms with van der Waals surface area (Å²) in [4.78, 5) is 25.4. The number of hydrogen-bond donors (Lipinski definition) is 1. The maximum absolute atomic E-state index is 12.1. The summed E-state index contributed by atoms with van der Waals surface area (Å²) in [6.07, 6.45) is 0.654. The molecule has 0 saturated heterocycles. The Labute approximate surface area is 151 Å². The third kappa shape index (κ3) is 5.87. The van der Waals surface area contributed by atoms with E-state index in [1.807, 2.05) is 12.1 Å². The van der Waals surface area contributed by atoms with Crippen molar-refractivity contribution in [1.29, 1.82) is 0 Å². The third-order valence-electron chi connectivity index (χ3n) is 3.47. The average molecular weight is 365 g/mol. The number of halogens is 2. The summed E-state index contributed by atoms with van der Waals surface area (Å²) < 4.78 is 0. The quantitative estimate of drug-likeness (QED) is 0.841. The summed E-state index contributed by atoms with van der Waals surface area (Å²) in [6, 6.07) is 14.3. The molecule has 0 aliphatic carbocycles. The minimum absolute atomic E-state index is 0.00453. The van der Waals surface area contributed by atoms with Crippen LogP contribution < -0.4 is 5.32 Å². The Hall–Kier alpha value is -2.04. The van der Waals surface area contributed by atoms with Gasteiger partial charge in [0.15, 0.2) is 0 Å². The molecule has 0 bridgehead atoms. The maximum atomic E-state index is 12.1. The number of benzene rings is 2. The van der Waals surface area contributed by atoms with Gasteiger partial charge in [-0.25, -0.2) is 0 Å². The molecule has 1 N–H and O–H groups in total. The van der Waals surface area contributed by atoms with Crippen LogP contribution in [0.2, 0.25) is 10.0 Å². The lowest BCUT2D eigenvalue weighted by molar-refractivity contribution is -0.132. The Morgan fingerprint density at radius 3 is 2.38 bits per heavy atom. The monoisotopic (exact) mass is 364 g/mol. The Morgan fingerprint density at radius 1 is 1.04 bits per heavy atom. The first-order valence-corrected chi connectivity index (χ1v) is 8.25. The molecule has 0 fully saturated rings. The fraction of sp³-hybridized carbons (Fsp3) is 0.222. The maximum Gasteiger partial charge on any atom is 0.243 e. The Bertz CT molecular complexity index is 717. The van der Waals surface area contributed by atoms with Gasteiger partial charge in [-0.1, -0.05) is 41.4 Å². The van der Waals surface area contributed by atoms with Gasteiger partial charge in [-0.2, -0.15) is 0 Å². The van der Waals surface area contributed by atoms with Gasteiger partial charge in [0.25, 0.3) is 0 Å². The summed E-state index contributed by atoms with van der Waals surface area (Å²) >= 11 is 11.7. The van der Waals surface area contributed by atoms with Crippen molar-refractivity contribution < 1.29 is 9.59 Å². The normalized spacial score (nSPS) is 10.3. The highest BCUT2D eigenvalue weighted by molar-refractivity contribution is 6.31. The van der Waals surface area contributed by atoms with E-state index in [4.69, 9.17) is 23.2 Å². The molecule has 0 aliphatic heterocycles. The van der Waals surface area contributed by atoms with Gasteiger partial charge >= 0.3 is 0 Å². The molecule has 2 amide bonds. The standard InChI is InChI=1S/C18H18Cl2N2O2/c1-13(23)22(10-9-14-5-7-15(19)8-6-14)12-18(24)21-17-4-2-3-16(20)11-17/h2-8,11H,9-10,12H2,1H3,(H,21,24). The van der Waals surface area contributed by atoms with Crippen molar-refractivity contribution in [3.8, 4) is 0 Å². The molecular weight excluding hydrogens is 347 g/mol. The molecule has 2 aromatic carbocycles. The van der Waals surface area contributed by atoms with Gasteiger partial charge < -0.3 is 10.2 Å². The molecule has 6 heteroatoms. The molecule has 0 radical (unpaired) electrons. The van der Waals surface area contributed by atoms with E-state index in [9.17, 15) is 9.59 Å². The molecule has 24 heavy (non-hydrogen) atoms. The van der Waals surface area contributed by atoms with Gasteiger partial charge in [-0.3, -0.25) is 9.59 Å². The van der Waals surface area contributed by atoms with E-state index in [1.54, 1.807) is 36.4 Å². The summed E-state index contributed by atoms with van der Waals surface area (Å²) in [5, 5.41) is 3.95. The van der Waals surface area contributed by atoms with Gasteiger partial charge in [0.2, 0.25) is 11.8 Å². The molecule has 0 spiro atoms. The zero-order valence-corrected chi connectivity index (χ0v) is 14.8. The zero-order chi connectivity index (χ0) is 17.5. The van der Waals surface area contributed by atoms with E-state index in [0.29, 0.717) is 28.7 Å². The second-order valence-corrected chi connectivity index (χ2v) is 6.25. The van der Waals surface area contributed by atoms with Crippen molar-refractivity contribution in [1.82, 2.24) is 4.90 Å². The van der Waals surface area contributed by atoms with Crippen LogP contribution in [0.1, 0.15) is 12.5 Å². The topological polar surface area (TPSA) is 49.4 Å². The van der Waals surface area contributed by atoms with Crippen molar-refractivity contribution in [2.24, 2.45) is 0 Å². The van der Waals surface area contributed by atoms with Crippen LogP contribution in [0.15, 0.2) is 48.5 Å². The largest absolute Gasteiger partial charge is 0.333 e. The van der Waals surface area contributed by atoms with Gasteiger partial charge in [0, 0.05) is 29.2 Å². The van der Waals surface area contributed by atoms with E-state index in [-0.39, 0.29) is 18.4 Å². The molecule has 2 rings (SSSR count). The Balaban J connectivity index is 1.91. The first-order chi connectivity index (χ1) is 11.4. The molecule has 0 heterocycles. The molecular formula is C18H18Cl2N2O2. The lowest BCUT2D eigenvalue weighted by Gasteiger charge is -2.20. The molecule has 0 aliphatic rings. The number of nitrogens with zero attached hydrogens (tertiary/aromatic N) is 1. The van der Waals surface area contributed by atoms with E-state index in [2.05, 4.69) is 5.32 Å². The van der Waals surface area contributed by atoms with Crippen LogP contribution in [0.4, 0.5) is 5.69 Å². The lowest BCUT2D eigenvalue weighted by atomic mass is 10.1. The number of nitrogens with one attached hydrogen (secondary N) is 1. The molecule has 0 unspecified atom stereocenters. The molecule has 2 aromatic rings. The van der Waals surface area contributed by atoms with Crippen LogP contribution in [0.25, 0.3) is 0 Å². The van der Waals surface area contributed by atoms with Crippen LogP contribution in [0.3, 0.4) is 0 Å². The summed E-state index contributed by atoms with van der Waals surface area (Å²) in [6.45, 7) is 1.91. The molecule has 0 atom stereocenters. The molecule has 4 nitrogen and oxygen atoms in total. The Morgan fingerprint density at radius 2 is 1.75 bits per heavy atom. The van der Waals surface area contributed by atoms with E-state index in [1.165, 1.54) is 11.8 Å². The summed E-state index contributed by atoms with van der Waals surface area (Å²) in [7, 11) is 0. The fourth-order valence-electron chi connectivity index (χ4n) is 2.20. The van der Waals surface area contributed by atoms with Gasteiger partial charge in [-0.05, 0) is 42.3 Å². The highest BCUT2D eigenvalue weighted by Crippen LogP contribution is 2.15. The van der Waals surface area contributed by atoms with Gasteiger partial charge in [-0.15, -0.1) is 0 Å². The Kier molecular flexibility index (Phi) is 6.64. The van der Waals surface area contributed by atoms with Gasteiger partial charge in [0.05, 0.1) is 6.54 Å². The predicted octanol–water partition coefficient (Wildman–Crippen LogP) is 4.02. The van der Waals surface area contributed by atoms with E-state index >= 15 is 0 Å². The smallest absolute Gasteiger partial charge is 0.243 e. The minimum Gasteiger partial charge on any atom is -0.333 e. The summed E-state index contributed by atoms with van der Waals surface area (Å²) in [5.41, 5.74) is 1.66. The van der Waals surface area contributed by atoms with Crippen molar-refractivity contribution in [2.45, 2.75) is 13.3 Å². The predicted molar refractivity (Wildman–Crippen MR) is 97.5 cm³/mol. The van der Waals surface area contributed by atoms with Gasteiger partial charge in [0.1, 0.15) is 0 Å². The zero-order valence-electron chi connectivity index (χ0n) is 13.3. The van der Waals surface area contributed by atoms with Crippen LogP contribution in [-0.4, -0.2) is 29.8 Å². The molecule has 0 aromatic heterocycles.